The average molecular weight is 1360 g/mol. The fourth-order valence-electron chi connectivity index (χ4n) is 11.4. The number of phosphoric ester groups is 1. The maximum Gasteiger partial charge on any atom is 0.306 e. The number of allylic oxidation sites excluding steroid dienone is 20. The van der Waals surface area contributed by atoms with Crippen molar-refractivity contribution in [3.8, 4) is 0 Å². The molecule has 0 heterocycles. The summed E-state index contributed by atoms with van der Waals surface area (Å²) in [5.74, 6) is -0.856. The molecule has 0 aromatic heterocycles. The molecule has 0 spiro atoms. The Morgan fingerprint density at radius 2 is 0.594 bits per heavy atom. The summed E-state index contributed by atoms with van der Waals surface area (Å²) in [6.07, 6.45) is 109. The maximum atomic E-state index is 12.9. The quantitative estimate of drug-likeness (QED) is 0.0195. The lowest BCUT2D eigenvalue weighted by molar-refractivity contribution is -0.870. The smallest absolute Gasteiger partial charge is 0.306 e. The summed E-state index contributed by atoms with van der Waals surface area (Å²) in [5, 5.41) is 0. The second kappa shape index (κ2) is 75.6. The molecule has 0 rings (SSSR count). The van der Waals surface area contributed by atoms with Crippen LogP contribution < -0.4 is 4.89 Å². The summed E-state index contributed by atoms with van der Waals surface area (Å²) in [7, 11) is 1.15. The Kier molecular flexibility index (Phi) is 72.8. The number of nitrogens with zero attached hydrogens (tertiary/aromatic N) is 1. The van der Waals surface area contributed by atoms with Gasteiger partial charge in [-0.2, -0.15) is 0 Å². The molecule has 554 valence electrons. The predicted molar refractivity (Wildman–Crippen MR) is 415 cm³/mol. The van der Waals surface area contributed by atoms with E-state index in [1.807, 2.05) is 21.1 Å². The number of unbranched alkanes of at least 4 members (excludes halogenated alkanes) is 40. The number of carbonyl (C=O) groups excluding carboxylic acids is 2. The molecule has 10 heteroatoms. The van der Waals surface area contributed by atoms with Gasteiger partial charge in [-0.15, -0.1) is 0 Å². The molecule has 0 saturated carbocycles. The zero-order valence-electron chi connectivity index (χ0n) is 63.3. The van der Waals surface area contributed by atoms with Gasteiger partial charge in [0.05, 0.1) is 27.7 Å². The van der Waals surface area contributed by atoms with E-state index in [9.17, 15) is 19.0 Å². The third-order valence-electron chi connectivity index (χ3n) is 17.5. The number of carbonyl (C=O) groups is 2. The van der Waals surface area contributed by atoms with Crippen LogP contribution in [0, 0.1) is 0 Å². The molecule has 0 fully saturated rings. The molecule has 0 bridgehead atoms. The summed E-state index contributed by atoms with van der Waals surface area (Å²) in [6, 6.07) is 0. The normalized spacial score (nSPS) is 13.7. The highest BCUT2D eigenvalue weighted by molar-refractivity contribution is 7.45. The Bertz CT molecular complexity index is 2040. The zero-order valence-corrected chi connectivity index (χ0v) is 64.2. The summed E-state index contributed by atoms with van der Waals surface area (Å²) in [5.41, 5.74) is 0. The molecule has 9 nitrogen and oxygen atoms in total. The summed E-state index contributed by atoms with van der Waals surface area (Å²) in [4.78, 5) is 38.2. The molecule has 0 radical (unpaired) electrons. The number of ether oxygens (including phenoxy) is 2. The highest BCUT2D eigenvalue weighted by Gasteiger charge is 2.22. The number of phosphoric acid groups is 1. The lowest BCUT2D eigenvalue weighted by Gasteiger charge is -2.28. The Morgan fingerprint density at radius 1 is 0.333 bits per heavy atom. The van der Waals surface area contributed by atoms with E-state index < -0.39 is 26.5 Å². The van der Waals surface area contributed by atoms with Crippen LogP contribution in [-0.4, -0.2) is 70.0 Å². The maximum absolute atomic E-state index is 12.9. The van der Waals surface area contributed by atoms with Gasteiger partial charge in [0.1, 0.15) is 19.8 Å². The third-order valence-corrected chi connectivity index (χ3v) is 18.5. The van der Waals surface area contributed by atoms with Crippen LogP contribution in [0.25, 0.3) is 0 Å². The molecular weight excluding hydrogens is 1210 g/mol. The minimum Gasteiger partial charge on any atom is -0.756 e. The predicted octanol–water partition coefficient (Wildman–Crippen LogP) is 26.3. The van der Waals surface area contributed by atoms with Gasteiger partial charge in [-0.05, 0) is 89.9 Å². The first-order chi connectivity index (χ1) is 47.0. The van der Waals surface area contributed by atoms with Crippen LogP contribution in [0.5, 0.6) is 0 Å². The highest BCUT2D eigenvalue weighted by Crippen LogP contribution is 2.38. The highest BCUT2D eigenvalue weighted by atomic mass is 31.2. The Balaban J connectivity index is 4.03. The van der Waals surface area contributed by atoms with Crippen molar-refractivity contribution < 1.29 is 42.1 Å². The first kappa shape index (κ1) is 92.4. The molecule has 2 unspecified atom stereocenters. The number of hydrogen-bond acceptors (Lipinski definition) is 8. The van der Waals surface area contributed by atoms with Crippen LogP contribution in [-0.2, 0) is 32.7 Å². The standard InChI is InChI=1S/C86H152NO8P/c1-6-8-10-12-14-16-18-20-22-24-26-28-30-32-34-36-38-40-42-43-45-46-48-50-52-54-56-58-60-62-64-66-68-70-72-74-76-78-85(88)92-82-84(83-94-96(90,91)93-81-80-87(3,4)5)95-86(89)79-77-75-73-71-69-67-65-63-61-59-57-55-53-51-49-47-44-41-39-37-35-33-31-29-27-25-23-21-19-17-15-13-11-9-7-2/h9,11,15,17,21,23,27,29,33,35,39,41,47,49,53,55,59,61,65,67,84H,6-8,10,12-14,16,18-20,22,24-26,28,30-32,34,36-38,40,42-46,48,50-52,54,56-58,60,62-64,66,68-83H2,1-5H3/b11-9-,17-15-,23-21-,29-27-,35-33-,41-39-,49-47-,55-53-,61-59-,67-65-. The van der Waals surface area contributed by atoms with E-state index in [1.165, 1.54) is 218 Å². The Morgan fingerprint density at radius 3 is 0.885 bits per heavy atom. The van der Waals surface area contributed by atoms with Crippen LogP contribution in [0.2, 0.25) is 0 Å². The van der Waals surface area contributed by atoms with Gasteiger partial charge in [0, 0.05) is 12.8 Å². The number of quaternary nitrogens is 1. The molecule has 0 aromatic rings. The fraction of sp³-hybridized carbons (Fsp3) is 0.744. The first-order valence-corrected chi connectivity index (χ1v) is 41.7. The fourth-order valence-corrected chi connectivity index (χ4v) is 12.1. The summed E-state index contributed by atoms with van der Waals surface area (Å²) in [6.45, 7) is 4.13. The van der Waals surface area contributed by atoms with Crippen molar-refractivity contribution in [2.45, 2.75) is 367 Å². The van der Waals surface area contributed by atoms with Gasteiger partial charge in [0.2, 0.25) is 0 Å². The molecular formula is C86H152NO8P. The van der Waals surface area contributed by atoms with Gasteiger partial charge in [-0.1, -0.05) is 379 Å². The van der Waals surface area contributed by atoms with Crippen LogP contribution in [0.15, 0.2) is 122 Å². The molecule has 0 saturated heterocycles. The number of rotatable bonds is 74. The van der Waals surface area contributed by atoms with Crippen molar-refractivity contribution in [1.82, 2.24) is 0 Å². The molecule has 2 atom stereocenters. The lowest BCUT2D eigenvalue weighted by Crippen LogP contribution is -2.37. The van der Waals surface area contributed by atoms with Crippen molar-refractivity contribution in [1.29, 1.82) is 0 Å². The van der Waals surface area contributed by atoms with Gasteiger partial charge >= 0.3 is 11.9 Å². The minimum absolute atomic E-state index is 0.0407. The largest absolute Gasteiger partial charge is 0.756 e. The van der Waals surface area contributed by atoms with E-state index in [1.54, 1.807) is 0 Å². The van der Waals surface area contributed by atoms with Crippen molar-refractivity contribution in [2.24, 2.45) is 0 Å². The molecule has 0 aliphatic heterocycles. The molecule has 0 aliphatic rings. The van der Waals surface area contributed by atoms with Crippen LogP contribution >= 0.6 is 7.82 Å². The number of hydrogen-bond donors (Lipinski definition) is 0. The van der Waals surface area contributed by atoms with E-state index >= 15 is 0 Å². The van der Waals surface area contributed by atoms with Gasteiger partial charge in [-0.25, -0.2) is 0 Å². The zero-order chi connectivity index (χ0) is 69.7. The topological polar surface area (TPSA) is 111 Å². The van der Waals surface area contributed by atoms with Crippen LogP contribution in [0.4, 0.5) is 0 Å². The van der Waals surface area contributed by atoms with Crippen LogP contribution in [0.3, 0.4) is 0 Å². The SMILES string of the molecule is CC/C=C\C/C=C\C/C=C\C/C=C\C/C=C\C/C=C\C/C=C\C/C=C\C/C=C\C/C=C\CCCCCCC(=O)OC(COC(=O)CCCCCCCCCCCCCCCCCCCCCCCCCCCCCCCCCCCCCCC)COP(=O)([O-])OCC[N+](C)(C)C. The molecule has 0 N–H and O–H groups in total. The van der Waals surface area contributed by atoms with Gasteiger partial charge < -0.3 is 27.9 Å². The lowest BCUT2D eigenvalue weighted by atomic mass is 10.0. The third kappa shape index (κ3) is 79.4. The van der Waals surface area contributed by atoms with Crippen molar-refractivity contribution >= 4 is 19.8 Å². The van der Waals surface area contributed by atoms with Gasteiger partial charge in [0.15, 0.2) is 6.10 Å². The molecule has 0 aliphatic carbocycles. The summed E-state index contributed by atoms with van der Waals surface area (Å²) >= 11 is 0. The number of likely N-dealkylation sites (N-methyl/N-ethyl adjacent to an activating group) is 1. The monoisotopic (exact) mass is 1360 g/mol. The second-order valence-corrected chi connectivity index (χ2v) is 29.5. The van der Waals surface area contributed by atoms with E-state index in [-0.39, 0.29) is 32.0 Å². The Labute approximate surface area is 594 Å². The van der Waals surface area contributed by atoms with Crippen LogP contribution in [0.1, 0.15) is 361 Å². The molecule has 0 aromatic carbocycles. The van der Waals surface area contributed by atoms with E-state index in [4.69, 9.17) is 18.5 Å². The Hall–Kier alpha value is -3.59. The number of esters is 2. The summed E-state index contributed by atoms with van der Waals surface area (Å²) < 4.78 is 34.4. The second-order valence-electron chi connectivity index (χ2n) is 28.1. The van der Waals surface area contributed by atoms with Gasteiger partial charge in [0.25, 0.3) is 7.82 Å². The van der Waals surface area contributed by atoms with E-state index in [2.05, 4.69) is 135 Å². The first-order valence-electron chi connectivity index (χ1n) is 40.2. The van der Waals surface area contributed by atoms with Gasteiger partial charge in [-0.3, -0.25) is 14.2 Å². The van der Waals surface area contributed by atoms with Crippen molar-refractivity contribution in [3.63, 3.8) is 0 Å². The average Bonchev–Trinajstić information content (AvgIpc) is 2.74. The molecule has 96 heavy (non-hydrogen) atoms. The van der Waals surface area contributed by atoms with Crippen molar-refractivity contribution in [3.05, 3.63) is 122 Å². The van der Waals surface area contributed by atoms with Crippen molar-refractivity contribution in [2.75, 3.05) is 47.5 Å². The molecule has 0 amide bonds. The van der Waals surface area contributed by atoms with E-state index in [0.29, 0.717) is 17.4 Å². The minimum atomic E-state index is -4.66. The van der Waals surface area contributed by atoms with E-state index in [0.717, 1.165) is 109 Å².